The fourth-order valence-corrected chi connectivity index (χ4v) is 3.46. The van der Waals surface area contributed by atoms with E-state index in [1.807, 2.05) is 0 Å². The van der Waals surface area contributed by atoms with E-state index in [2.05, 4.69) is 0 Å². The van der Waals surface area contributed by atoms with Crippen LogP contribution in [0.15, 0.2) is 54.1 Å². The van der Waals surface area contributed by atoms with Crippen LogP contribution < -0.4 is 0 Å². The first-order chi connectivity index (χ1) is 14.0. The predicted molar refractivity (Wildman–Crippen MR) is 105 cm³/mol. The highest BCUT2D eigenvalue weighted by Gasteiger charge is 2.46. The number of carbonyl (C=O) groups is 2. The van der Waals surface area contributed by atoms with Gasteiger partial charge in [0.1, 0.15) is 11.6 Å². The van der Waals surface area contributed by atoms with Crippen molar-refractivity contribution in [3.8, 4) is 0 Å². The van der Waals surface area contributed by atoms with E-state index in [4.69, 9.17) is 21.4 Å². The molecule has 0 spiro atoms. The lowest BCUT2D eigenvalue weighted by Crippen LogP contribution is -2.33. The van der Waals surface area contributed by atoms with E-state index in [1.54, 1.807) is 24.3 Å². The molecule has 2 aromatic rings. The Balaban J connectivity index is 2.08. The average Bonchev–Trinajstić information content (AvgIpc) is 2.96. The SMILES string of the molecule is O=C1C(=O)N(CCOCCO)C(c2ccccc2Cl)C1=C(O)c1ccc(F)cc1. The highest BCUT2D eigenvalue weighted by atomic mass is 35.5. The van der Waals surface area contributed by atoms with Gasteiger partial charge in [0, 0.05) is 17.1 Å². The molecule has 2 aromatic carbocycles. The van der Waals surface area contributed by atoms with Crippen molar-refractivity contribution >= 4 is 29.1 Å². The summed E-state index contributed by atoms with van der Waals surface area (Å²) in [7, 11) is 0. The molecular weight excluding hydrogens is 401 g/mol. The van der Waals surface area contributed by atoms with Gasteiger partial charge in [0.2, 0.25) is 0 Å². The summed E-state index contributed by atoms with van der Waals surface area (Å²) in [6, 6.07) is 10.7. The van der Waals surface area contributed by atoms with Crippen LogP contribution in [0.2, 0.25) is 5.02 Å². The summed E-state index contributed by atoms with van der Waals surface area (Å²) >= 11 is 6.32. The van der Waals surface area contributed by atoms with Gasteiger partial charge in [0.05, 0.1) is 31.4 Å². The maximum absolute atomic E-state index is 13.2. The topological polar surface area (TPSA) is 87.1 Å². The standard InChI is InChI=1S/C21H19ClFNO5/c22-16-4-2-1-3-15(16)18-17(19(26)13-5-7-14(23)8-6-13)20(27)21(28)24(18)9-11-29-12-10-25/h1-8,18,25-26H,9-12H2. The van der Waals surface area contributed by atoms with Crippen molar-refractivity contribution in [1.82, 2.24) is 4.90 Å². The molecule has 29 heavy (non-hydrogen) atoms. The van der Waals surface area contributed by atoms with Gasteiger partial charge >= 0.3 is 0 Å². The molecule has 1 saturated heterocycles. The van der Waals surface area contributed by atoms with Crippen LogP contribution in [0, 0.1) is 5.82 Å². The van der Waals surface area contributed by atoms with E-state index in [0.29, 0.717) is 10.6 Å². The van der Waals surface area contributed by atoms with Gasteiger partial charge in [-0.1, -0.05) is 29.8 Å². The lowest BCUT2D eigenvalue weighted by Gasteiger charge is -2.26. The van der Waals surface area contributed by atoms with Gasteiger partial charge in [0.25, 0.3) is 11.7 Å². The maximum Gasteiger partial charge on any atom is 0.295 e. The van der Waals surface area contributed by atoms with E-state index in [1.165, 1.54) is 17.0 Å². The van der Waals surface area contributed by atoms with Crippen LogP contribution in [0.3, 0.4) is 0 Å². The lowest BCUT2D eigenvalue weighted by atomic mass is 9.95. The summed E-state index contributed by atoms with van der Waals surface area (Å²) in [4.78, 5) is 26.7. The number of ketones is 1. The Morgan fingerprint density at radius 3 is 2.45 bits per heavy atom. The molecule has 0 bridgehead atoms. The van der Waals surface area contributed by atoms with Gasteiger partial charge in [-0.25, -0.2) is 4.39 Å². The number of carbonyl (C=O) groups excluding carboxylic acids is 2. The molecule has 1 fully saturated rings. The Morgan fingerprint density at radius 1 is 1.10 bits per heavy atom. The second-order valence-corrected chi connectivity index (χ2v) is 6.76. The molecular formula is C21H19ClFNO5. The van der Waals surface area contributed by atoms with Crippen molar-refractivity contribution in [2.75, 3.05) is 26.4 Å². The Kier molecular flexibility index (Phi) is 6.64. The molecule has 152 valence electrons. The van der Waals surface area contributed by atoms with E-state index in [-0.39, 0.29) is 37.5 Å². The Bertz CT molecular complexity index is 944. The second kappa shape index (κ2) is 9.17. The first-order valence-corrected chi connectivity index (χ1v) is 9.31. The summed E-state index contributed by atoms with van der Waals surface area (Å²) in [5, 5.41) is 20.0. The van der Waals surface area contributed by atoms with Crippen molar-refractivity contribution in [3.05, 3.63) is 76.1 Å². The van der Waals surface area contributed by atoms with Gasteiger partial charge in [-0.2, -0.15) is 0 Å². The van der Waals surface area contributed by atoms with Crippen LogP contribution >= 0.6 is 11.6 Å². The number of benzene rings is 2. The van der Waals surface area contributed by atoms with Crippen LogP contribution in [-0.2, 0) is 14.3 Å². The molecule has 0 saturated carbocycles. The zero-order valence-corrected chi connectivity index (χ0v) is 16.1. The number of likely N-dealkylation sites (tertiary alicyclic amines) is 1. The minimum Gasteiger partial charge on any atom is -0.507 e. The van der Waals surface area contributed by atoms with Gasteiger partial charge < -0.3 is 19.8 Å². The Hall–Kier alpha value is -2.74. The molecule has 6 nitrogen and oxygen atoms in total. The zero-order valence-electron chi connectivity index (χ0n) is 15.3. The van der Waals surface area contributed by atoms with Crippen LogP contribution in [-0.4, -0.2) is 53.2 Å². The summed E-state index contributed by atoms with van der Waals surface area (Å²) in [5.41, 5.74) is 0.550. The van der Waals surface area contributed by atoms with Crippen molar-refractivity contribution in [2.24, 2.45) is 0 Å². The third-order valence-electron chi connectivity index (χ3n) is 4.57. The first-order valence-electron chi connectivity index (χ1n) is 8.93. The number of halogens is 2. The van der Waals surface area contributed by atoms with Crippen LogP contribution in [0.5, 0.6) is 0 Å². The number of aliphatic hydroxyl groups excluding tert-OH is 2. The molecule has 8 heteroatoms. The molecule has 1 atom stereocenters. The number of amides is 1. The second-order valence-electron chi connectivity index (χ2n) is 6.36. The minimum atomic E-state index is -0.925. The van der Waals surface area contributed by atoms with Gasteiger partial charge in [-0.15, -0.1) is 0 Å². The Labute approximate surface area is 171 Å². The predicted octanol–water partition coefficient (Wildman–Crippen LogP) is 2.91. The van der Waals surface area contributed by atoms with Crippen molar-refractivity contribution < 1.29 is 28.9 Å². The van der Waals surface area contributed by atoms with E-state index < -0.39 is 29.3 Å². The molecule has 1 unspecified atom stereocenters. The normalized spacial score (nSPS) is 18.4. The molecule has 1 amide bonds. The van der Waals surface area contributed by atoms with E-state index >= 15 is 0 Å². The third-order valence-corrected chi connectivity index (χ3v) is 4.91. The van der Waals surface area contributed by atoms with Gasteiger partial charge in [-0.3, -0.25) is 9.59 Å². The Morgan fingerprint density at radius 2 is 1.79 bits per heavy atom. The summed E-state index contributed by atoms with van der Waals surface area (Å²) in [5.74, 6) is -2.57. The zero-order chi connectivity index (χ0) is 21.0. The number of rotatable bonds is 7. The summed E-state index contributed by atoms with van der Waals surface area (Å²) in [6.45, 7) is 0.0688. The first kappa shape index (κ1) is 21.0. The molecule has 0 aromatic heterocycles. The molecule has 2 N–H and O–H groups in total. The largest absolute Gasteiger partial charge is 0.507 e. The number of hydrogen-bond acceptors (Lipinski definition) is 5. The van der Waals surface area contributed by atoms with Crippen molar-refractivity contribution in [2.45, 2.75) is 6.04 Å². The fourth-order valence-electron chi connectivity index (χ4n) is 3.22. The third kappa shape index (κ3) is 4.32. The van der Waals surface area contributed by atoms with Gasteiger partial charge in [0.15, 0.2) is 0 Å². The molecule has 0 radical (unpaired) electrons. The molecule has 1 heterocycles. The van der Waals surface area contributed by atoms with Crippen molar-refractivity contribution in [3.63, 3.8) is 0 Å². The molecule has 3 rings (SSSR count). The molecule has 1 aliphatic heterocycles. The quantitative estimate of drug-likeness (QED) is 0.312. The number of nitrogens with zero attached hydrogens (tertiary/aromatic N) is 1. The monoisotopic (exact) mass is 419 g/mol. The summed E-state index contributed by atoms with van der Waals surface area (Å²) in [6.07, 6.45) is 0. The smallest absolute Gasteiger partial charge is 0.295 e. The number of ether oxygens (including phenoxy) is 1. The highest BCUT2D eigenvalue weighted by Crippen LogP contribution is 2.41. The summed E-state index contributed by atoms with van der Waals surface area (Å²) < 4.78 is 18.5. The minimum absolute atomic E-state index is 0.0562. The lowest BCUT2D eigenvalue weighted by molar-refractivity contribution is -0.140. The van der Waals surface area contributed by atoms with Gasteiger partial charge in [-0.05, 0) is 35.9 Å². The van der Waals surface area contributed by atoms with Crippen LogP contribution in [0.4, 0.5) is 4.39 Å². The van der Waals surface area contributed by atoms with E-state index in [0.717, 1.165) is 12.1 Å². The van der Waals surface area contributed by atoms with E-state index in [9.17, 15) is 19.1 Å². The van der Waals surface area contributed by atoms with Crippen molar-refractivity contribution in [1.29, 1.82) is 0 Å². The number of hydrogen-bond donors (Lipinski definition) is 2. The highest BCUT2D eigenvalue weighted by molar-refractivity contribution is 6.47. The molecule has 0 aliphatic carbocycles. The number of aliphatic hydroxyl groups is 2. The van der Waals surface area contributed by atoms with Crippen LogP contribution in [0.25, 0.3) is 5.76 Å². The average molecular weight is 420 g/mol. The van der Waals surface area contributed by atoms with Crippen LogP contribution in [0.1, 0.15) is 17.2 Å². The maximum atomic E-state index is 13.2. The number of Topliss-reactive ketones (excluding diaryl/α,β-unsaturated/α-hetero) is 1. The fraction of sp³-hybridized carbons (Fsp3) is 0.238. The molecule has 1 aliphatic rings.